The van der Waals surface area contributed by atoms with Crippen LogP contribution in [-0.2, 0) is 10.0 Å². The van der Waals surface area contributed by atoms with Gasteiger partial charge in [0.2, 0.25) is 10.0 Å². The molecule has 0 amide bonds. The summed E-state index contributed by atoms with van der Waals surface area (Å²) in [5.74, 6) is 0.983. The zero-order chi connectivity index (χ0) is 18.6. The van der Waals surface area contributed by atoms with E-state index in [4.69, 9.17) is 9.47 Å². The van der Waals surface area contributed by atoms with E-state index in [-0.39, 0.29) is 11.3 Å². The van der Waals surface area contributed by atoms with Crippen LogP contribution in [0.15, 0.2) is 53.4 Å². The van der Waals surface area contributed by atoms with E-state index in [0.29, 0.717) is 24.7 Å². The van der Waals surface area contributed by atoms with Crippen LogP contribution >= 0.6 is 0 Å². The number of rotatable bonds is 6. The Morgan fingerprint density at radius 2 is 1.77 bits per heavy atom. The molecule has 26 heavy (non-hydrogen) atoms. The molecule has 0 fully saturated rings. The molecular weight excluding hydrogens is 354 g/mol. The van der Waals surface area contributed by atoms with Crippen LogP contribution in [0.1, 0.15) is 31.4 Å². The molecule has 2 aromatic rings. The maximum atomic E-state index is 12.6. The Labute approximate surface area is 153 Å². The lowest BCUT2D eigenvalue weighted by molar-refractivity contribution is 0.158. The number of hydrogen-bond donors (Lipinski definition) is 2. The third-order valence-electron chi connectivity index (χ3n) is 4.15. The molecule has 1 aliphatic heterocycles. The minimum absolute atomic E-state index is 0.114. The third kappa shape index (κ3) is 4.55. The van der Waals surface area contributed by atoms with Gasteiger partial charge in [-0.05, 0) is 31.0 Å². The van der Waals surface area contributed by atoms with Crippen molar-refractivity contribution in [2.24, 2.45) is 0 Å². The van der Waals surface area contributed by atoms with E-state index < -0.39 is 22.2 Å². The van der Waals surface area contributed by atoms with Crippen molar-refractivity contribution >= 4 is 10.0 Å². The second kappa shape index (κ2) is 8.07. The highest BCUT2D eigenvalue weighted by Gasteiger charge is 2.22. The predicted octanol–water partition coefficient (Wildman–Crippen LogP) is 2.64. The highest BCUT2D eigenvalue weighted by Crippen LogP contribution is 2.32. The minimum Gasteiger partial charge on any atom is -0.490 e. The van der Waals surface area contributed by atoms with Gasteiger partial charge in [0.1, 0.15) is 0 Å². The summed E-state index contributed by atoms with van der Waals surface area (Å²) in [4.78, 5) is 0.114. The fourth-order valence-electron chi connectivity index (χ4n) is 2.84. The molecule has 0 bridgehead atoms. The van der Waals surface area contributed by atoms with E-state index in [1.54, 1.807) is 13.0 Å². The Morgan fingerprint density at radius 1 is 1.08 bits per heavy atom. The Hall–Kier alpha value is -2.09. The molecule has 3 rings (SSSR count). The molecule has 140 valence electrons. The van der Waals surface area contributed by atoms with Gasteiger partial charge in [0.15, 0.2) is 11.5 Å². The van der Waals surface area contributed by atoms with E-state index in [1.807, 2.05) is 30.3 Å². The van der Waals surface area contributed by atoms with Gasteiger partial charge < -0.3 is 14.6 Å². The molecule has 0 spiro atoms. The molecule has 0 radical (unpaired) electrons. The summed E-state index contributed by atoms with van der Waals surface area (Å²) in [5.41, 5.74) is 0.758. The van der Waals surface area contributed by atoms with Crippen LogP contribution < -0.4 is 14.2 Å². The van der Waals surface area contributed by atoms with E-state index in [0.717, 1.165) is 12.0 Å². The van der Waals surface area contributed by atoms with Crippen molar-refractivity contribution in [3.8, 4) is 11.5 Å². The largest absolute Gasteiger partial charge is 0.490 e. The molecule has 1 aliphatic rings. The average molecular weight is 377 g/mol. The first kappa shape index (κ1) is 18.7. The molecule has 7 heteroatoms. The Balaban J connectivity index is 1.69. The number of sulfonamides is 1. The van der Waals surface area contributed by atoms with Crippen molar-refractivity contribution in [1.29, 1.82) is 0 Å². The molecule has 2 N–H and O–H groups in total. The monoisotopic (exact) mass is 377 g/mol. The molecule has 0 aromatic heterocycles. The molecule has 1 heterocycles. The number of fused-ring (bicyclic) bond motifs is 1. The molecule has 0 aliphatic carbocycles. The minimum atomic E-state index is -3.73. The van der Waals surface area contributed by atoms with Crippen LogP contribution in [-0.4, -0.2) is 32.8 Å². The topological polar surface area (TPSA) is 84.9 Å². The second-order valence-electron chi connectivity index (χ2n) is 6.34. The molecule has 2 atom stereocenters. The number of benzene rings is 2. The predicted molar refractivity (Wildman–Crippen MR) is 97.9 cm³/mol. The summed E-state index contributed by atoms with van der Waals surface area (Å²) >= 11 is 0. The lowest BCUT2D eigenvalue weighted by Gasteiger charge is -2.18. The molecule has 0 unspecified atom stereocenters. The summed E-state index contributed by atoms with van der Waals surface area (Å²) < 4.78 is 39.0. The zero-order valence-corrected chi connectivity index (χ0v) is 15.4. The van der Waals surface area contributed by atoms with Crippen LogP contribution in [0.4, 0.5) is 0 Å². The standard InChI is InChI=1S/C19H23NO5S/c1-14(12-17(21)15-6-3-2-4-7-15)20-26(22,23)16-8-9-18-19(13-16)25-11-5-10-24-18/h2-4,6-9,13-14,17,20-21H,5,10-12H2,1H3/t14-,17-/m0/s1. The quantitative estimate of drug-likeness (QED) is 0.808. The first-order valence-electron chi connectivity index (χ1n) is 8.61. The highest BCUT2D eigenvalue weighted by molar-refractivity contribution is 7.89. The van der Waals surface area contributed by atoms with Crippen LogP contribution in [0.25, 0.3) is 0 Å². The van der Waals surface area contributed by atoms with Gasteiger partial charge in [0.25, 0.3) is 0 Å². The number of aliphatic hydroxyl groups is 1. The smallest absolute Gasteiger partial charge is 0.240 e. The van der Waals surface area contributed by atoms with Crippen molar-refractivity contribution < 1.29 is 23.0 Å². The summed E-state index contributed by atoms with van der Waals surface area (Å²) in [6.45, 7) is 2.77. The molecule has 0 saturated heterocycles. The fraction of sp³-hybridized carbons (Fsp3) is 0.368. The third-order valence-corrected chi connectivity index (χ3v) is 5.73. The molecule has 2 aromatic carbocycles. The van der Waals surface area contributed by atoms with Crippen LogP contribution in [0.2, 0.25) is 0 Å². The number of ether oxygens (including phenoxy) is 2. The fourth-order valence-corrected chi connectivity index (χ4v) is 4.11. The normalized spacial score (nSPS) is 16.5. The van der Waals surface area contributed by atoms with Crippen molar-refractivity contribution in [2.45, 2.75) is 36.8 Å². The van der Waals surface area contributed by atoms with Gasteiger partial charge in [-0.15, -0.1) is 0 Å². The number of aliphatic hydroxyl groups excluding tert-OH is 1. The van der Waals surface area contributed by atoms with E-state index in [1.165, 1.54) is 12.1 Å². The van der Waals surface area contributed by atoms with Crippen molar-refractivity contribution in [1.82, 2.24) is 4.72 Å². The number of nitrogens with one attached hydrogen (secondary N) is 1. The summed E-state index contributed by atoms with van der Waals surface area (Å²) in [7, 11) is -3.73. The maximum Gasteiger partial charge on any atom is 0.240 e. The van der Waals surface area contributed by atoms with Gasteiger partial charge in [-0.1, -0.05) is 30.3 Å². The van der Waals surface area contributed by atoms with Crippen LogP contribution in [0.3, 0.4) is 0 Å². The zero-order valence-electron chi connectivity index (χ0n) is 14.6. The lowest BCUT2D eigenvalue weighted by atomic mass is 10.0. The van der Waals surface area contributed by atoms with Gasteiger partial charge in [-0.2, -0.15) is 0 Å². The van der Waals surface area contributed by atoms with Crippen molar-refractivity contribution in [2.75, 3.05) is 13.2 Å². The van der Waals surface area contributed by atoms with Crippen molar-refractivity contribution in [3.05, 3.63) is 54.1 Å². The first-order valence-corrected chi connectivity index (χ1v) is 10.1. The van der Waals surface area contributed by atoms with Crippen LogP contribution in [0, 0.1) is 0 Å². The Kier molecular flexibility index (Phi) is 5.80. The first-order chi connectivity index (χ1) is 12.5. The highest BCUT2D eigenvalue weighted by atomic mass is 32.2. The van der Waals surface area contributed by atoms with Gasteiger partial charge in [0, 0.05) is 18.5 Å². The van der Waals surface area contributed by atoms with E-state index >= 15 is 0 Å². The van der Waals surface area contributed by atoms with Crippen LogP contribution in [0.5, 0.6) is 11.5 Å². The van der Waals surface area contributed by atoms with Gasteiger partial charge >= 0.3 is 0 Å². The molecule has 0 saturated carbocycles. The average Bonchev–Trinajstić information content (AvgIpc) is 2.86. The number of hydrogen-bond acceptors (Lipinski definition) is 5. The van der Waals surface area contributed by atoms with Crippen molar-refractivity contribution in [3.63, 3.8) is 0 Å². The Morgan fingerprint density at radius 3 is 2.50 bits per heavy atom. The maximum absolute atomic E-state index is 12.6. The van der Waals surface area contributed by atoms with E-state index in [9.17, 15) is 13.5 Å². The SMILES string of the molecule is C[C@@H](C[C@H](O)c1ccccc1)NS(=O)(=O)c1ccc2c(c1)OCCCO2. The second-order valence-corrected chi connectivity index (χ2v) is 8.06. The molecule has 6 nitrogen and oxygen atoms in total. The summed E-state index contributed by atoms with van der Waals surface area (Å²) in [6, 6.07) is 13.3. The summed E-state index contributed by atoms with van der Waals surface area (Å²) in [5, 5.41) is 10.3. The van der Waals surface area contributed by atoms with Gasteiger partial charge in [0.05, 0.1) is 24.2 Å². The van der Waals surface area contributed by atoms with Gasteiger partial charge in [-0.3, -0.25) is 0 Å². The van der Waals surface area contributed by atoms with E-state index in [2.05, 4.69) is 4.72 Å². The lowest BCUT2D eigenvalue weighted by Crippen LogP contribution is -2.33. The summed E-state index contributed by atoms with van der Waals surface area (Å²) in [6.07, 6.45) is 0.287. The Bertz CT molecular complexity index is 838. The van der Waals surface area contributed by atoms with Gasteiger partial charge in [-0.25, -0.2) is 13.1 Å². The molecular formula is C19H23NO5S.